The molecule has 2 rings (SSSR count). The predicted octanol–water partition coefficient (Wildman–Crippen LogP) is 2.98. The van der Waals surface area contributed by atoms with Crippen LogP contribution in [0.3, 0.4) is 0 Å². The number of nitrogens with zero attached hydrogens (tertiary/aromatic N) is 2. The Hall–Kier alpha value is -3.01. The van der Waals surface area contributed by atoms with Gasteiger partial charge in [-0.15, -0.1) is 0 Å². The fourth-order valence-corrected chi connectivity index (χ4v) is 3.97. The third-order valence-electron chi connectivity index (χ3n) is 4.94. The molecule has 0 aliphatic rings. The van der Waals surface area contributed by atoms with E-state index in [2.05, 4.69) is 5.32 Å². The van der Waals surface area contributed by atoms with Crippen LogP contribution in [0.1, 0.15) is 31.9 Å². The molecule has 180 valence electrons. The Balaban J connectivity index is 2.40. The lowest BCUT2D eigenvalue weighted by molar-refractivity contribution is -0.139. The first-order chi connectivity index (χ1) is 15.3. The molecular formula is C23H29F2N3O4S. The fourth-order valence-electron chi connectivity index (χ4n) is 3.13. The van der Waals surface area contributed by atoms with Crippen LogP contribution in [-0.2, 0) is 26.2 Å². The Kier molecular flexibility index (Phi) is 8.54. The van der Waals surface area contributed by atoms with Crippen LogP contribution in [0.25, 0.3) is 0 Å². The first-order valence-corrected chi connectivity index (χ1v) is 12.2. The summed E-state index contributed by atoms with van der Waals surface area (Å²) in [6.45, 7) is 6.40. The summed E-state index contributed by atoms with van der Waals surface area (Å²) in [7, 11) is -4.02. The Labute approximate surface area is 193 Å². The van der Waals surface area contributed by atoms with Crippen molar-refractivity contribution < 1.29 is 26.8 Å². The summed E-state index contributed by atoms with van der Waals surface area (Å²) < 4.78 is 52.6. The molecule has 0 heterocycles. The van der Waals surface area contributed by atoms with E-state index in [9.17, 15) is 26.8 Å². The van der Waals surface area contributed by atoms with Crippen molar-refractivity contribution in [1.82, 2.24) is 10.2 Å². The molecule has 0 radical (unpaired) electrons. The second kappa shape index (κ2) is 10.7. The largest absolute Gasteiger partial charge is 0.352 e. The molecule has 0 aliphatic carbocycles. The number of benzene rings is 2. The van der Waals surface area contributed by atoms with Gasteiger partial charge in [0.2, 0.25) is 21.8 Å². The van der Waals surface area contributed by atoms with Gasteiger partial charge < -0.3 is 10.2 Å². The van der Waals surface area contributed by atoms with Gasteiger partial charge in [0.05, 0.1) is 11.9 Å². The molecule has 1 N–H and O–H groups in total. The van der Waals surface area contributed by atoms with E-state index in [1.165, 1.54) is 4.90 Å². The minimum absolute atomic E-state index is 0.0567. The molecule has 2 aromatic rings. The monoisotopic (exact) mass is 481 g/mol. The van der Waals surface area contributed by atoms with Crippen molar-refractivity contribution in [1.29, 1.82) is 0 Å². The van der Waals surface area contributed by atoms with E-state index >= 15 is 0 Å². The number of nitrogens with one attached hydrogen (secondary N) is 1. The van der Waals surface area contributed by atoms with Gasteiger partial charge in [0.15, 0.2) is 11.6 Å². The third kappa shape index (κ3) is 7.24. The fraction of sp³-hybridized carbons (Fsp3) is 0.391. The first-order valence-electron chi connectivity index (χ1n) is 10.4. The van der Waals surface area contributed by atoms with E-state index in [1.807, 2.05) is 31.2 Å². The van der Waals surface area contributed by atoms with Crippen molar-refractivity contribution in [3.8, 4) is 0 Å². The van der Waals surface area contributed by atoms with Gasteiger partial charge in [-0.3, -0.25) is 13.9 Å². The van der Waals surface area contributed by atoms with Crippen molar-refractivity contribution >= 4 is 27.5 Å². The molecule has 0 fully saturated rings. The molecule has 0 saturated carbocycles. The summed E-state index contributed by atoms with van der Waals surface area (Å²) in [6.07, 6.45) is 0.862. The van der Waals surface area contributed by atoms with Crippen molar-refractivity contribution in [2.24, 2.45) is 0 Å². The molecule has 0 spiro atoms. The minimum Gasteiger partial charge on any atom is -0.352 e. The van der Waals surface area contributed by atoms with Crippen LogP contribution in [0, 0.1) is 18.6 Å². The van der Waals surface area contributed by atoms with Gasteiger partial charge in [0.25, 0.3) is 0 Å². The Morgan fingerprint density at radius 3 is 2.12 bits per heavy atom. The quantitative estimate of drug-likeness (QED) is 0.597. The van der Waals surface area contributed by atoms with Crippen LogP contribution in [0.4, 0.5) is 14.5 Å². The van der Waals surface area contributed by atoms with Gasteiger partial charge in [0, 0.05) is 18.7 Å². The average Bonchev–Trinajstić information content (AvgIpc) is 2.71. The number of carbonyl (C=O) groups is 2. The summed E-state index contributed by atoms with van der Waals surface area (Å²) in [6, 6.07) is 8.85. The Morgan fingerprint density at radius 1 is 1.00 bits per heavy atom. The standard InChI is InChI=1S/C23H29F2N3O4S/c1-15(2)26-23(30)17(4)27(13-18-8-6-16(3)7-9-18)22(29)14-28(33(5,31)32)19-10-11-20(24)21(25)12-19/h6-12,15,17H,13-14H2,1-5H3,(H,26,30)/t17-/m0/s1. The van der Waals surface area contributed by atoms with Gasteiger partial charge in [-0.05, 0) is 45.4 Å². The lowest BCUT2D eigenvalue weighted by Crippen LogP contribution is -2.52. The molecule has 0 aromatic heterocycles. The van der Waals surface area contributed by atoms with Crippen molar-refractivity contribution in [2.45, 2.75) is 46.3 Å². The third-order valence-corrected chi connectivity index (χ3v) is 6.08. The molecule has 33 heavy (non-hydrogen) atoms. The van der Waals surface area contributed by atoms with Crippen LogP contribution in [-0.4, -0.2) is 50.0 Å². The van der Waals surface area contributed by atoms with E-state index in [0.29, 0.717) is 10.4 Å². The summed E-state index contributed by atoms with van der Waals surface area (Å²) in [5.74, 6) is -3.45. The van der Waals surface area contributed by atoms with Crippen molar-refractivity contribution in [2.75, 3.05) is 17.1 Å². The highest BCUT2D eigenvalue weighted by molar-refractivity contribution is 7.92. The maximum absolute atomic E-state index is 13.8. The van der Waals surface area contributed by atoms with E-state index in [1.54, 1.807) is 20.8 Å². The SMILES string of the molecule is Cc1ccc(CN(C(=O)CN(c2ccc(F)c(F)c2)S(C)(=O)=O)[C@@H](C)C(=O)NC(C)C)cc1. The Bertz CT molecular complexity index is 1110. The van der Waals surface area contributed by atoms with Crippen molar-refractivity contribution in [3.05, 3.63) is 65.2 Å². The van der Waals surface area contributed by atoms with Gasteiger partial charge in [-0.1, -0.05) is 29.8 Å². The topological polar surface area (TPSA) is 86.8 Å². The molecule has 2 aromatic carbocycles. The van der Waals surface area contributed by atoms with E-state index < -0.39 is 46.1 Å². The number of hydrogen-bond donors (Lipinski definition) is 1. The number of anilines is 1. The summed E-state index contributed by atoms with van der Waals surface area (Å²) in [5.41, 5.74) is 1.57. The van der Waals surface area contributed by atoms with E-state index in [-0.39, 0.29) is 18.3 Å². The van der Waals surface area contributed by atoms with E-state index in [0.717, 1.165) is 29.5 Å². The highest BCUT2D eigenvalue weighted by Crippen LogP contribution is 2.21. The van der Waals surface area contributed by atoms with Crippen LogP contribution in [0.5, 0.6) is 0 Å². The molecule has 0 unspecified atom stereocenters. The molecule has 2 amide bonds. The molecule has 0 bridgehead atoms. The number of aryl methyl sites for hydroxylation is 1. The van der Waals surface area contributed by atoms with Crippen LogP contribution in [0.2, 0.25) is 0 Å². The summed E-state index contributed by atoms with van der Waals surface area (Å²) >= 11 is 0. The first kappa shape index (κ1) is 26.2. The Morgan fingerprint density at radius 2 is 1.61 bits per heavy atom. The zero-order valence-electron chi connectivity index (χ0n) is 19.3. The smallest absolute Gasteiger partial charge is 0.244 e. The number of halogens is 2. The lowest BCUT2D eigenvalue weighted by Gasteiger charge is -2.32. The average molecular weight is 482 g/mol. The molecule has 0 saturated heterocycles. The summed E-state index contributed by atoms with van der Waals surface area (Å²) in [4.78, 5) is 27.2. The number of amides is 2. The highest BCUT2D eigenvalue weighted by atomic mass is 32.2. The van der Waals surface area contributed by atoms with Crippen LogP contribution in [0.15, 0.2) is 42.5 Å². The van der Waals surface area contributed by atoms with Gasteiger partial charge in [0.1, 0.15) is 12.6 Å². The molecule has 0 aliphatic heterocycles. The second-order valence-electron chi connectivity index (χ2n) is 8.21. The highest BCUT2D eigenvalue weighted by Gasteiger charge is 2.30. The molecule has 1 atom stereocenters. The predicted molar refractivity (Wildman–Crippen MR) is 123 cm³/mol. The van der Waals surface area contributed by atoms with Gasteiger partial charge >= 0.3 is 0 Å². The zero-order chi connectivity index (χ0) is 24.9. The number of rotatable bonds is 9. The molecule has 10 heteroatoms. The van der Waals surface area contributed by atoms with E-state index in [4.69, 9.17) is 0 Å². The lowest BCUT2D eigenvalue weighted by atomic mass is 10.1. The minimum atomic E-state index is -4.02. The normalized spacial score (nSPS) is 12.4. The molecular weight excluding hydrogens is 452 g/mol. The number of sulfonamides is 1. The van der Waals surface area contributed by atoms with Crippen LogP contribution >= 0.6 is 0 Å². The van der Waals surface area contributed by atoms with Crippen molar-refractivity contribution in [3.63, 3.8) is 0 Å². The van der Waals surface area contributed by atoms with Crippen LogP contribution < -0.4 is 9.62 Å². The maximum atomic E-state index is 13.8. The zero-order valence-corrected chi connectivity index (χ0v) is 20.1. The van der Waals surface area contributed by atoms with Gasteiger partial charge in [-0.25, -0.2) is 17.2 Å². The number of hydrogen-bond acceptors (Lipinski definition) is 4. The van der Waals surface area contributed by atoms with Gasteiger partial charge in [-0.2, -0.15) is 0 Å². The second-order valence-corrected chi connectivity index (χ2v) is 10.1. The maximum Gasteiger partial charge on any atom is 0.244 e. The summed E-state index contributed by atoms with van der Waals surface area (Å²) in [5, 5.41) is 2.75. The number of carbonyl (C=O) groups excluding carboxylic acids is 2. The molecule has 7 nitrogen and oxygen atoms in total.